The van der Waals surface area contributed by atoms with Gasteiger partial charge >= 0.3 is 5.97 Å². The maximum absolute atomic E-state index is 11.9. The van der Waals surface area contributed by atoms with Crippen molar-refractivity contribution < 1.29 is 14.3 Å². The second-order valence-corrected chi connectivity index (χ2v) is 6.56. The average molecular weight is 348 g/mol. The van der Waals surface area contributed by atoms with E-state index in [1.54, 1.807) is 6.92 Å². The number of ether oxygens (including phenoxy) is 1. The molecule has 1 aromatic heterocycles. The molecule has 1 aliphatic heterocycles. The summed E-state index contributed by atoms with van der Waals surface area (Å²) in [5.74, 6) is 0.302. The van der Waals surface area contributed by atoms with Gasteiger partial charge < -0.3 is 14.2 Å². The monoisotopic (exact) mass is 348 g/mol. The molecule has 1 amide bonds. The molecule has 1 aliphatic rings. The summed E-state index contributed by atoms with van der Waals surface area (Å²) < 4.78 is 7.48. The highest BCUT2D eigenvalue weighted by atomic mass is 16.5. The topological polar surface area (TPSA) is 51.5 Å². The Hall–Kier alpha value is -3.08. The Bertz CT molecular complexity index is 1010. The Labute approximate surface area is 151 Å². The maximum Gasteiger partial charge on any atom is 0.308 e. The molecule has 0 atom stereocenters. The Morgan fingerprint density at radius 2 is 1.81 bits per heavy atom. The van der Waals surface area contributed by atoms with Crippen LogP contribution in [0.25, 0.3) is 16.6 Å². The van der Waals surface area contributed by atoms with Crippen LogP contribution >= 0.6 is 0 Å². The fourth-order valence-corrected chi connectivity index (χ4v) is 3.71. The van der Waals surface area contributed by atoms with Crippen LogP contribution in [-0.4, -0.2) is 27.9 Å². The van der Waals surface area contributed by atoms with Gasteiger partial charge in [0.15, 0.2) is 0 Å². The number of nitrogens with zero attached hydrogens (tertiary/aromatic N) is 2. The highest BCUT2D eigenvalue weighted by Gasteiger charge is 2.26. The van der Waals surface area contributed by atoms with Crippen molar-refractivity contribution in [3.63, 3.8) is 0 Å². The largest absolute Gasteiger partial charge is 0.427 e. The molecular weight excluding hydrogens is 328 g/mol. The Kier molecular flexibility index (Phi) is 3.99. The average Bonchev–Trinajstić information content (AvgIpc) is 2.95. The van der Waals surface area contributed by atoms with E-state index in [4.69, 9.17) is 4.74 Å². The van der Waals surface area contributed by atoms with E-state index in [-0.39, 0.29) is 11.9 Å². The van der Waals surface area contributed by atoms with Gasteiger partial charge in [0.05, 0.1) is 12.1 Å². The van der Waals surface area contributed by atoms with E-state index >= 15 is 0 Å². The van der Waals surface area contributed by atoms with Crippen molar-refractivity contribution in [2.75, 3.05) is 6.54 Å². The summed E-state index contributed by atoms with van der Waals surface area (Å²) in [5.41, 5.74) is 4.45. The Morgan fingerprint density at radius 1 is 1.04 bits per heavy atom. The van der Waals surface area contributed by atoms with E-state index < -0.39 is 0 Å². The second-order valence-electron chi connectivity index (χ2n) is 6.56. The third kappa shape index (κ3) is 2.75. The molecule has 0 saturated heterocycles. The molecule has 2 aromatic carbocycles. The normalized spacial score (nSPS) is 13.5. The maximum atomic E-state index is 11.9. The quantitative estimate of drug-likeness (QED) is 0.526. The predicted molar refractivity (Wildman–Crippen MR) is 99.4 cm³/mol. The Morgan fingerprint density at radius 3 is 2.50 bits per heavy atom. The van der Waals surface area contributed by atoms with Gasteiger partial charge in [0.25, 0.3) is 0 Å². The Balaban J connectivity index is 1.94. The van der Waals surface area contributed by atoms with Crippen molar-refractivity contribution in [1.29, 1.82) is 0 Å². The number of hydrogen-bond donors (Lipinski definition) is 0. The number of benzene rings is 2. The highest BCUT2D eigenvalue weighted by molar-refractivity contribution is 5.90. The van der Waals surface area contributed by atoms with E-state index in [1.165, 1.54) is 12.5 Å². The number of hydrogen-bond acceptors (Lipinski definition) is 3. The van der Waals surface area contributed by atoms with Crippen molar-refractivity contribution in [3.05, 3.63) is 59.8 Å². The van der Waals surface area contributed by atoms with Crippen LogP contribution in [0.5, 0.6) is 5.75 Å². The first-order chi connectivity index (χ1) is 12.5. The summed E-state index contributed by atoms with van der Waals surface area (Å²) in [7, 11) is 0. The minimum atomic E-state index is -0.330. The molecule has 0 fully saturated rings. The van der Waals surface area contributed by atoms with Crippen molar-refractivity contribution in [2.45, 2.75) is 26.8 Å². The zero-order valence-corrected chi connectivity index (χ0v) is 14.9. The van der Waals surface area contributed by atoms with Crippen LogP contribution in [0.4, 0.5) is 0 Å². The fraction of sp³-hybridized carbons (Fsp3) is 0.238. The van der Waals surface area contributed by atoms with E-state index in [1.807, 2.05) is 41.3 Å². The van der Waals surface area contributed by atoms with Crippen LogP contribution < -0.4 is 4.74 Å². The standard InChI is InChI=1S/C21H20N2O3/c1-14(24)22-11-10-18-19-12-17(26-15(2)25)8-9-20(19)23(21(18)13-22)16-6-4-3-5-7-16/h3-9,12H,10-11,13H2,1-2H3. The molecule has 0 unspecified atom stereocenters. The lowest BCUT2D eigenvalue weighted by Gasteiger charge is -2.27. The van der Waals surface area contributed by atoms with E-state index in [9.17, 15) is 9.59 Å². The van der Waals surface area contributed by atoms with Crippen LogP contribution in [0, 0.1) is 0 Å². The summed E-state index contributed by atoms with van der Waals surface area (Å²) in [4.78, 5) is 25.1. The SMILES string of the molecule is CC(=O)Oc1ccc2c(c1)c1c(n2-c2ccccc2)CN(C(C)=O)CC1. The molecule has 0 N–H and O–H groups in total. The van der Waals surface area contributed by atoms with E-state index in [0.29, 0.717) is 18.8 Å². The molecule has 0 aliphatic carbocycles. The molecule has 132 valence electrons. The van der Waals surface area contributed by atoms with E-state index in [2.05, 4.69) is 16.7 Å². The summed E-state index contributed by atoms with van der Waals surface area (Å²) in [5, 5.41) is 1.07. The fourth-order valence-electron chi connectivity index (χ4n) is 3.71. The molecule has 5 heteroatoms. The first-order valence-electron chi connectivity index (χ1n) is 8.70. The zero-order chi connectivity index (χ0) is 18.3. The van der Waals surface area contributed by atoms with Gasteiger partial charge in [0, 0.05) is 37.2 Å². The number of rotatable bonds is 2. The zero-order valence-electron chi connectivity index (χ0n) is 14.9. The first-order valence-corrected chi connectivity index (χ1v) is 8.70. The van der Waals surface area contributed by atoms with Gasteiger partial charge in [-0.2, -0.15) is 0 Å². The first kappa shape index (κ1) is 16.4. The predicted octanol–water partition coefficient (Wildman–Crippen LogP) is 3.46. The van der Waals surface area contributed by atoms with Crippen molar-refractivity contribution in [1.82, 2.24) is 9.47 Å². The van der Waals surface area contributed by atoms with Crippen molar-refractivity contribution >= 4 is 22.8 Å². The van der Waals surface area contributed by atoms with Gasteiger partial charge in [-0.25, -0.2) is 0 Å². The lowest BCUT2D eigenvalue weighted by Crippen LogP contribution is -2.34. The van der Waals surface area contributed by atoms with Crippen LogP contribution in [0.1, 0.15) is 25.1 Å². The number of carbonyl (C=O) groups excluding carboxylic acids is 2. The van der Waals surface area contributed by atoms with Crippen molar-refractivity contribution in [3.8, 4) is 11.4 Å². The third-order valence-electron chi connectivity index (χ3n) is 4.85. The van der Waals surface area contributed by atoms with Gasteiger partial charge in [0.2, 0.25) is 5.91 Å². The van der Waals surface area contributed by atoms with Gasteiger partial charge in [-0.1, -0.05) is 18.2 Å². The number of para-hydroxylation sites is 1. The summed E-state index contributed by atoms with van der Waals surface area (Å²) in [6.07, 6.45) is 0.786. The van der Waals surface area contributed by atoms with Crippen LogP contribution in [0.3, 0.4) is 0 Å². The lowest BCUT2D eigenvalue weighted by atomic mass is 10.0. The van der Waals surface area contributed by atoms with E-state index in [0.717, 1.165) is 28.7 Å². The van der Waals surface area contributed by atoms with Crippen molar-refractivity contribution in [2.24, 2.45) is 0 Å². The summed E-state index contributed by atoms with van der Waals surface area (Å²) >= 11 is 0. The van der Waals surface area contributed by atoms with Crippen LogP contribution in [0.15, 0.2) is 48.5 Å². The molecule has 26 heavy (non-hydrogen) atoms. The van der Waals surface area contributed by atoms with Gasteiger partial charge in [0.1, 0.15) is 5.75 Å². The third-order valence-corrected chi connectivity index (χ3v) is 4.85. The summed E-state index contributed by atoms with van der Waals surface area (Å²) in [6.45, 7) is 4.30. The molecule has 4 rings (SSSR count). The van der Waals surface area contributed by atoms with Crippen LogP contribution in [0.2, 0.25) is 0 Å². The lowest BCUT2D eigenvalue weighted by molar-refractivity contribution is -0.132. The molecule has 5 nitrogen and oxygen atoms in total. The molecule has 0 spiro atoms. The minimum absolute atomic E-state index is 0.0844. The number of fused-ring (bicyclic) bond motifs is 3. The molecule has 3 aromatic rings. The van der Waals surface area contributed by atoms with Gasteiger partial charge in [-0.3, -0.25) is 9.59 Å². The number of amides is 1. The molecule has 0 bridgehead atoms. The number of aromatic nitrogens is 1. The van der Waals surface area contributed by atoms with Gasteiger partial charge in [-0.05, 0) is 42.3 Å². The summed E-state index contributed by atoms with van der Waals surface area (Å²) in [6, 6.07) is 15.9. The van der Waals surface area contributed by atoms with Gasteiger partial charge in [-0.15, -0.1) is 0 Å². The minimum Gasteiger partial charge on any atom is -0.427 e. The number of carbonyl (C=O) groups is 2. The molecule has 2 heterocycles. The smallest absolute Gasteiger partial charge is 0.308 e. The second kappa shape index (κ2) is 6.33. The van der Waals surface area contributed by atoms with Crippen LogP contribution in [-0.2, 0) is 22.6 Å². The molecular formula is C21H20N2O3. The molecule has 0 saturated carbocycles. The number of esters is 1. The molecule has 0 radical (unpaired) electrons. The highest BCUT2D eigenvalue weighted by Crippen LogP contribution is 2.35.